The highest BCUT2D eigenvalue weighted by Gasteiger charge is 2.30. The molecule has 1 aliphatic carbocycles. The van der Waals surface area contributed by atoms with Crippen molar-refractivity contribution in [1.29, 1.82) is 0 Å². The summed E-state index contributed by atoms with van der Waals surface area (Å²) >= 11 is 0. The van der Waals surface area contributed by atoms with Crippen molar-refractivity contribution in [3.05, 3.63) is 47.5 Å². The molecule has 2 aromatic rings. The molecule has 0 aliphatic heterocycles. The largest absolute Gasteiger partial charge is 0.470 e. The smallest absolute Gasteiger partial charge is 0.309 e. The highest BCUT2D eigenvalue weighted by molar-refractivity contribution is 5.73. The van der Waals surface area contributed by atoms with E-state index in [1.54, 1.807) is 6.33 Å². The van der Waals surface area contributed by atoms with Gasteiger partial charge in [-0.1, -0.05) is 12.1 Å². The number of rotatable bonds is 7. The summed E-state index contributed by atoms with van der Waals surface area (Å²) in [5.41, 5.74) is 8.36. The molecule has 3 rings (SSSR count). The SMILES string of the molecule is COC(=O)C1CCc2c(ncn2C(CCC(N)=O)Oc2cccc(C)c2)C1. The number of carbonyl (C=O) groups excluding carboxylic acids is 2. The van der Waals surface area contributed by atoms with Crippen LogP contribution in [0.15, 0.2) is 30.6 Å². The number of nitrogens with zero attached hydrogens (tertiary/aromatic N) is 2. The molecule has 7 nitrogen and oxygen atoms in total. The van der Waals surface area contributed by atoms with Gasteiger partial charge in [-0.15, -0.1) is 0 Å². The van der Waals surface area contributed by atoms with E-state index in [1.165, 1.54) is 7.11 Å². The van der Waals surface area contributed by atoms with Crippen molar-refractivity contribution in [3.63, 3.8) is 0 Å². The summed E-state index contributed by atoms with van der Waals surface area (Å²) in [6.07, 6.45) is 3.98. The lowest BCUT2D eigenvalue weighted by Crippen LogP contribution is -2.26. The van der Waals surface area contributed by atoms with Crippen LogP contribution in [0.25, 0.3) is 0 Å². The number of amides is 1. The Hall–Kier alpha value is -2.83. The van der Waals surface area contributed by atoms with Gasteiger partial charge >= 0.3 is 5.97 Å². The van der Waals surface area contributed by atoms with E-state index in [0.717, 1.165) is 22.7 Å². The molecule has 2 atom stereocenters. The minimum absolute atomic E-state index is 0.160. The number of benzene rings is 1. The van der Waals surface area contributed by atoms with E-state index >= 15 is 0 Å². The lowest BCUT2D eigenvalue weighted by molar-refractivity contribution is -0.145. The van der Waals surface area contributed by atoms with Gasteiger partial charge in [-0.05, 0) is 37.5 Å². The molecule has 0 fully saturated rings. The minimum atomic E-state index is -0.384. The second-order valence-corrected chi connectivity index (χ2v) is 6.90. The van der Waals surface area contributed by atoms with E-state index in [-0.39, 0.29) is 30.4 Å². The summed E-state index contributed by atoms with van der Waals surface area (Å²) in [5, 5.41) is 0. The van der Waals surface area contributed by atoms with Gasteiger partial charge < -0.3 is 15.2 Å². The van der Waals surface area contributed by atoms with Crippen LogP contribution in [0.2, 0.25) is 0 Å². The average molecular weight is 371 g/mol. The van der Waals surface area contributed by atoms with Gasteiger partial charge in [-0.2, -0.15) is 0 Å². The van der Waals surface area contributed by atoms with Gasteiger partial charge in [0.25, 0.3) is 0 Å². The molecule has 0 saturated heterocycles. The first kappa shape index (κ1) is 18.9. The van der Waals surface area contributed by atoms with Gasteiger partial charge in [0.05, 0.1) is 25.0 Å². The molecule has 144 valence electrons. The molecule has 0 bridgehead atoms. The number of ether oxygens (including phenoxy) is 2. The molecule has 0 saturated carbocycles. The van der Waals surface area contributed by atoms with E-state index in [9.17, 15) is 9.59 Å². The molecule has 0 radical (unpaired) electrons. The van der Waals surface area contributed by atoms with Crippen LogP contribution >= 0.6 is 0 Å². The number of aromatic nitrogens is 2. The molecule has 1 aromatic carbocycles. The number of hydrogen-bond acceptors (Lipinski definition) is 5. The molecule has 0 spiro atoms. The Kier molecular flexibility index (Phi) is 5.78. The zero-order chi connectivity index (χ0) is 19.4. The number of imidazole rings is 1. The van der Waals surface area contributed by atoms with Crippen molar-refractivity contribution in [2.45, 2.75) is 45.3 Å². The van der Waals surface area contributed by atoms with Crippen LogP contribution in [0.4, 0.5) is 0 Å². The summed E-state index contributed by atoms with van der Waals surface area (Å²) in [4.78, 5) is 27.6. The molecule has 2 unspecified atom stereocenters. The number of fused-ring (bicyclic) bond motifs is 1. The quantitative estimate of drug-likeness (QED) is 0.754. The first-order chi connectivity index (χ1) is 13.0. The summed E-state index contributed by atoms with van der Waals surface area (Å²) in [6, 6.07) is 7.77. The van der Waals surface area contributed by atoms with Crippen molar-refractivity contribution in [2.75, 3.05) is 7.11 Å². The predicted molar refractivity (Wildman–Crippen MR) is 99.0 cm³/mol. The first-order valence-electron chi connectivity index (χ1n) is 9.12. The van der Waals surface area contributed by atoms with Gasteiger partial charge in [0.1, 0.15) is 5.75 Å². The fourth-order valence-corrected chi connectivity index (χ4v) is 3.50. The lowest BCUT2D eigenvalue weighted by Gasteiger charge is -2.25. The second-order valence-electron chi connectivity index (χ2n) is 6.90. The molecule has 1 aromatic heterocycles. The van der Waals surface area contributed by atoms with Gasteiger partial charge in [0, 0.05) is 25.0 Å². The molecular formula is C20H25N3O4. The third-order valence-corrected chi connectivity index (χ3v) is 4.90. The Morgan fingerprint density at radius 1 is 1.41 bits per heavy atom. The second kappa shape index (κ2) is 8.24. The standard InChI is InChI=1S/C20H25N3O4/c1-13-4-3-5-15(10-13)27-19(9-8-18(21)24)23-12-22-16-11-14(20(25)26-2)6-7-17(16)23/h3-5,10,12,14,19H,6-9,11H2,1-2H3,(H2,21,24). The van der Waals surface area contributed by atoms with Crippen LogP contribution in [0.5, 0.6) is 5.75 Å². The molecule has 2 N–H and O–H groups in total. The van der Waals surface area contributed by atoms with Crippen LogP contribution in [0.1, 0.15) is 42.4 Å². The monoisotopic (exact) mass is 371 g/mol. The molecule has 27 heavy (non-hydrogen) atoms. The minimum Gasteiger partial charge on any atom is -0.470 e. The third-order valence-electron chi connectivity index (χ3n) is 4.90. The normalized spacial score (nSPS) is 17.0. The van der Waals surface area contributed by atoms with Gasteiger partial charge in [-0.25, -0.2) is 4.98 Å². The summed E-state index contributed by atoms with van der Waals surface area (Å²) < 4.78 is 13.0. The molecule has 1 aliphatic rings. The van der Waals surface area contributed by atoms with Crippen molar-refractivity contribution < 1.29 is 19.1 Å². The first-order valence-corrected chi connectivity index (χ1v) is 9.12. The van der Waals surface area contributed by atoms with Crippen LogP contribution in [-0.4, -0.2) is 28.5 Å². The number of esters is 1. The maximum absolute atomic E-state index is 11.8. The number of methoxy groups -OCH3 is 1. The Morgan fingerprint density at radius 2 is 2.22 bits per heavy atom. The zero-order valence-corrected chi connectivity index (χ0v) is 15.7. The maximum Gasteiger partial charge on any atom is 0.309 e. The van der Waals surface area contributed by atoms with Crippen molar-refractivity contribution in [3.8, 4) is 5.75 Å². The summed E-state index contributed by atoms with van der Waals surface area (Å²) in [6.45, 7) is 2.00. The van der Waals surface area contributed by atoms with E-state index in [2.05, 4.69) is 4.98 Å². The van der Waals surface area contributed by atoms with Crippen LogP contribution < -0.4 is 10.5 Å². The number of primary amides is 1. The van der Waals surface area contributed by atoms with Crippen molar-refractivity contribution in [2.24, 2.45) is 11.7 Å². The van der Waals surface area contributed by atoms with Gasteiger partial charge in [-0.3, -0.25) is 14.2 Å². The zero-order valence-electron chi connectivity index (χ0n) is 15.7. The van der Waals surface area contributed by atoms with Crippen LogP contribution in [0.3, 0.4) is 0 Å². The van der Waals surface area contributed by atoms with E-state index < -0.39 is 0 Å². The average Bonchev–Trinajstić information content (AvgIpc) is 3.07. The topological polar surface area (TPSA) is 96.4 Å². The Balaban J connectivity index is 1.84. The number of carbonyl (C=O) groups is 2. The molecule has 7 heteroatoms. The number of hydrogen-bond donors (Lipinski definition) is 1. The third kappa shape index (κ3) is 4.48. The molecular weight excluding hydrogens is 346 g/mol. The van der Waals surface area contributed by atoms with Crippen molar-refractivity contribution >= 4 is 11.9 Å². The summed E-state index contributed by atoms with van der Waals surface area (Å²) in [5.74, 6) is 0.00634. The van der Waals surface area contributed by atoms with E-state index in [1.807, 2.05) is 35.8 Å². The maximum atomic E-state index is 11.8. The predicted octanol–water partition coefficient (Wildman–Crippen LogP) is 2.31. The molecule has 1 heterocycles. The van der Waals surface area contributed by atoms with Gasteiger partial charge in [0.15, 0.2) is 6.23 Å². The van der Waals surface area contributed by atoms with E-state index in [4.69, 9.17) is 15.2 Å². The fraction of sp³-hybridized carbons (Fsp3) is 0.450. The number of nitrogens with two attached hydrogens (primary N) is 1. The highest BCUT2D eigenvalue weighted by atomic mass is 16.5. The molecule has 1 amide bonds. The lowest BCUT2D eigenvalue weighted by atomic mass is 9.89. The highest BCUT2D eigenvalue weighted by Crippen LogP contribution is 2.30. The Labute approximate surface area is 158 Å². The Bertz CT molecular complexity index is 830. The Morgan fingerprint density at radius 3 is 2.93 bits per heavy atom. The van der Waals surface area contributed by atoms with Gasteiger partial charge in [0.2, 0.25) is 5.91 Å². The van der Waals surface area contributed by atoms with Crippen LogP contribution in [-0.2, 0) is 27.2 Å². The number of aryl methyl sites for hydroxylation is 1. The van der Waals surface area contributed by atoms with Crippen LogP contribution in [0, 0.1) is 12.8 Å². The van der Waals surface area contributed by atoms with Crippen molar-refractivity contribution in [1.82, 2.24) is 9.55 Å². The summed E-state index contributed by atoms with van der Waals surface area (Å²) in [7, 11) is 1.41. The fourth-order valence-electron chi connectivity index (χ4n) is 3.50. The van der Waals surface area contributed by atoms with E-state index in [0.29, 0.717) is 25.7 Å².